The normalized spacial score (nSPS) is 11.2. The average molecular weight is 407 g/mol. The van der Waals surface area contributed by atoms with Gasteiger partial charge in [-0.25, -0.2) is 4.98 Å². The number of nitrogens with one attached hydrogen (secondary N) is 1. The first kappa shape index (κ1) is 18.9. The highest BCUT2D eigenvalue weighted by atomic mass is 16.1. The zero-order valence-corrected chi connectivity index (χ0v) is 17.3. The van der Waals surface area contributed by atoms with Crippen LogP contribution in [0.2, 0.25) is 0 Å². The van der Waals surface area contributed by atoms with Crippen molar-refractivity contribution in [2.45, 2.75) is 20.4 Å². The van der Waals surface area contributed by atoms with E-state index in [1.54, 1.807) is 0 Å². The molecule has 0 unspecified atom stereocenters. The van der Waals surface area contributed by atoms with Crippen molar-refractivity contribution in [1.29, 1.82) is 0 Å². The van der Waals surface area contributed by atoms with Crippen LogP contribution in [0.15, 0.2) is 72.8 Å². The number of hydrogen-bond donors (Lipinski definition) is 1. The molecule has 6 nitrogen and oxygen atoms in total. The molecule has 0 radical (unpaired) electrons. The Morgan fingerprint density at radius 2 is 1.68 bits per heavy atom. The highest BCUT2D eigenvalue weighted by molar-refractivity contribution is 6.10. The third kappa shape index (κ3) is 3.53. The minimum atomic E-state index is -0.0250. The summed E-state index contributed by atoms with van der Waals surface area (Å²) in [5.74, 6) is 1.38. The van der Waals surface area contributed by atoms with E-state index in [1.807, 2.05) is 59.9 Å². The summed E-state index contributed by atoms with van der Waals surface area (Å²) in [5.41, 5.74) is 5.86. The summed E-state index contributed by atoms with van der Waals surface area (Å²) >= 11 is 0. The molecule has 0 amide bonds. The van der Waals surface area contributed by atoms with Gasteiger partial charge in [0.2, 0.25) is 5.65 Å². The number of nitrogens with zero attached hydrogens (tertiary/aromatic N) is 4. The monoisotopic (exact) mass is 407 g/mol. The smallest absolute Gasteiger partial charge is 0.204 e. The average Bonchev–Trinajstić information content (AvgIpc) is 3.20. The molecule has 0 saturated carbocycles. The highest BCUT2D eigenvalue weighted by Gasteiger charge is 2.16. The zero-order valence-electron chi connectivity index (χ0n) is 17.3. The number of aryl methyl sites for hydroxylation is 2. The van der Waals surface area contributed by atoms with Crippen LogP contribution in [0.3, 0.4) is 0 Å². The number of ketones is 1. The molecule has 5 rings (SSSR count). The Bertz CT molecular complexity index is 1410. The fourth-order valence-electron chi connectivity index (χ4n) is 3.68. The minimum Gasteiger partial charge on any atom is -0.363 e. The maximum absolute atomic E-state index is 12.9. The first-order valence-electron chi connectivity index (χ1n) is 10.1. The SMILES string of the molecule is Cc1ccc(CNc2nc3ccc(C(=O)c4ccccc4)cc3n3c(C)nnc23)cc1. The molecule has 2 aromatic heterocycles. The van der Waals surface area contributed by atoms with Gasteiger partial charge < -0.3 is 5.32 Å². The van der Waals surface area contributed by atoms with Gasteiger partial charge in [0.05, 0.1) is 11.0 Å². The van der Waals surface area contributed by atoms with Gasteiger partial charge in [-0.15, -0.1) is 10.2 Å². The number of anilines is 1. The number of benzene rings is 3. The molecule has 0 spiro atoms. The fraction of sp³-hybridized carbons (Fsp3) is 0.120. The predicted molar refractivity (Wildman–Crippen MR) is 121 cm³/mol. The summed E-state index contributed by atoms with van der Waals surface area (Å²) < 4.78 is 1.95. The van der Waals surface area contributed by atoms with Gasteiger partial charge in [0.15, 0.2) is 11.6 Å². The standard InChI is InChI=1S/C25H21N5O/c1-16-8-10-18(11-9-16)15-26-24-25-29-28-17(2)30(25)22-14-20(12-13-21(22)27-24)23(31)19-6-4-3-5-7-19/h3-14H,15H2,1-2H3,(H,26,27). The van der Waals surface area contributed by atoms with Crippen LogP contribution in [-0.4, -0.2) is 25.4 Å². The zero-order chi connectivity index (χ0) is 21.4. The van der Waals surface area contributed by atoms with E-state index in [0.29, 0.717) is 29.1 Å². The second kappa shape index (κ2) is 7.65. The number of rotatable bonds is 5. The number of aromatic nitrogens is 4. The Kier molecular flexibility index (Phi) is 4.67. The minimum absolute atomic E-state index is 0.0250. The molecular weight excluding hydrogens is 386 g/mol. The van der Waals surface area contributed by atoms with Crippen LogP contribution in [0.25, 0.3) is 16.7 Å². The van der Waals surface area contributed by atoms with Gasteiger partial charge in [-0.2, -0.15) is 0 Å². The number of carbonyl (C=O) groups excluding carboxylic acids is 1. The largest absolute Gasteiger partial charge is 0.363 e. The van der Waals surface area contributed by atoms with Crippen molar-refractivity contribution in [3.63, 3.8) is 0 Å². The Balaban J connectivity index is 1.56. The number of carbonyl (C=O) groups is 1. The molecule has 2 heterocycles. The van der Waals surface area contributed by atoms with E-state index in [4.69, 9.17) is 4.98 Å². The molecule has 0 aliphatic carbocycles. The highest BCUT2D eigenvalue weighted by Crippen LogP contribution is 2.24. The van der Waals surface area contributed by atoms with Crippen LogP contribution in [-0.2, 0) is 6.54 Å². The van der Waals surface area contributed by atoms with Gasteiger partial charge in [0.25, 0.3) is 0 Å². The van der Waals surface area contributed by atoms with E-state index in [9.17, 15) is 4.79 Å². The first-order chi connectivity index (χ1) is 15.1. The summed E-state index contributed by atoms with van der Waals surface area (Å²) in [6, 6.07) is 23.2. The summed E-state index contributed by atoms with van der Waals surface area (Å²) in [6.07, 6.45) is 0. The van der Waals surface area contributed by atoms with Crippen molar-refractivity contribution in [3.8, 4) is 0 Å². The van der Waals surface area contributed by atoms with E-state index in [0.717, 1.165) is 22.4 Å². The van der Waals surface area contributed by atoms with Gasteiger partial charge in [0, 0.05) is 17.7 Å². The van der Waals surface area contributed by atoms with Crippen molar-refractivity contribution in [3.05, 3.63) is 101 Å². The van der Waals surface area contributed by atoms with E-state index < -0.39 is 0 Å². The predicted octanol–water partition coefficient (Wildman–Crippen LogP) is 4.74. The van der Waals surface area contributed by atoms with Crippen LogP contribution < -0.4 is 5.32 Å². The summed E-state index contributed by atoms with van der Waals surface area (Å²) in [5, 5.41) is 12.0. The van der Waals surface area contributed by atoms with E-state index >= 15 is 0 Å². The molecule has 5 aromatic rings. The molecule has 31 heavy (non-hydrogen) atoms. The molecule has 0 aliphatic heterocycles. The Morgan fingerprint density at radius 1 is 0.903 bits per heavy atom. The third-order valence-electron chi connectivity index (χ3n) is 5.36. The van der Waals surface area contributed by atoms with Gasteiger partial charge in [-0.3, -0.25) is 9.20 Å². The van der Waals surface area contributed by atoms with Crippen LogP contribution in [0.4, 0.5) is 5.82 Å². The lowest BCUT2D eigenvalue weighted by molar-refractivity contribution is 0.103. The van der Waals surface area contributed by atoms with Crippen LogP contribution in [0, 0.1) is 13.8 Å². The lowest BCUT2D eigenvalue weighted by Gasteiger charge is -2.11. The lowest BCUT2D eigenvalue weighted by atomic mass is 10.0. The Morgan fingerprint density at radius 3 is 2.45 bits per heavy atom. The maximum Gasteiger partial charge on any atom is 0.204 e. The van der Waals surface area contributed by atoms with Gasteiger partial charge >= 0.3 is 0 Å². The van der Waals surface area contributed by atoms with E-state index in [-0.39, 0.29) is 5.78 Å². The molecule has 0 aliphatic rings. The van der Waals surface area contributed by atoms with Crippen LogP contribution >= 0.6 is 0 Å². The van der Waals surface area contributed by atoms with Crippen molar-refractivity contribution in [2.24, 2.45) is 0 Å². The number of fused-ring (bicyclic) bond motifs is 3. The van der Waals surface area contributed by atoms with Gasteiger partial charge in [0.1, 0.15) is 5.82 Å². The van der Waals surface area contributed by atoms with E-state index in [2.05, 4.69) is 46.7 Å². The first-order valence-corrected chi connectivity index (χ1v) is 10.1. The Labute approximate surface area is 179 Å². The maximum atomic E-state index is 12.9. The molecular formula is C25H21N5O. The molecule has 1 N–H and O–H groups in total. The Hall–Kier alpha value is -4.06. The third-order valence-corrected chi connectivity index (χ3v) is 5.36. The summed E-state index contributed by atoms with van der Waals surface area (Å²) in [6.45, 7) is 4.60. The number of hydrogen-bond acceptors (Lipinski definition) is 5. The fourth-order valence-corrected chi connectivity index (χ4v) is 3.68. The second-order valence-electron chi connectivity index (χ2n) is 7.60. The molecule has 152 valence electrons. The molecule has 3 aromatic carbocycles. The molecule has 0 fully saturated rings. The van der Waals surface area contributed by atoms with Crippen molar-refractivity contribution in [1.82, 2.24) is 19.6 Å². The topological polar surface area (TPSA) is 72.2 Å². The quantitative estimate of drug-likeness (QED) is 0.426. The molecule has 0 bridgehead atoms. The lowest BCUT2D eigenvalue weighted by Crippen LogP contribution is -2.07. The van der Waals surface area contributed by atoms with E-state index in [1.165, 1.54) is 5.56 Å². The summed E-state index contributed by atoms with van der Waals surface area (Å²) in [7, 11) is 0. The van der Waals surface area contributed by atoms with Gasteiger partial charge in [-0.1, -0.05) is 60.2 Å². The molecule has 6 heteroatoms. The van der Waals surface area contributed by atoms with Crippen molar-refractivity contribution in [2.75, 3.05) is 5.32 Å². The molecule has 0 saturated heterocycles. The van der Waals surface area contributed by atoms with Crippen LogP contribution in [0.5, 0.6) is 0 Å². The molecule has 0 atom stereocenters. The van der Waals surface area contributed by atoms with Crippen molar-refractivity contribution < 1.29 is 4.79 Å². The van der Waals surface area contributed by atoms with Crippen LogP contribution in [0.1, 0.15) is 32.9 Å². The van der Waals surface area contributed by atoms with Crippen molar-refractivity contribution >= 4 is 28.3 Å². The second-order valence-corrected chi connectivity index (χ2v) is 7.60. The van der Waals surface area contributed by atoms with Gasteiger partial charge in [-0.05, 0) is 37.6 Å². The summed E-state index contributed by atoms with van der Waals surface area (Å²) in [4.78, 5) is 17.7.